The van der Waals surface area contributed by atoms with E-state index >= 15 is 0 Å². The van der Waals surface area contributed by atoms with Crippen LogP contribution in [0.3, 0.4) is 0 Å². The van der Waals surface area contributed by atoms with Crippen molar-refractivity contribution >= 4 is 38.7 Å². The summed E-state index contributed by atoms with van der Waals surface area (Å²) < 4.78 is 28.2. The van der Waals surface area contributed by atoms with Gasteiger partial charge in [-0.1, -0.05) is 80.1 Å². The number of nitrogens with zero attached hydrogens (tertiary/aromatic N) is 1. The molecule has 0 aliphatic carbocycles. The quantitative estimate of drug-likeness (QED) is 0.106. The Morgan fingerprint density at radius 3 is 2.29 bits per heavy atom. The van der Waals surface area contributed by atoms with Gasteiger partial charge in [0.1, 0.15) is 12.1 Å². The molecule has 0 radical (unpaired) electrons. The molecule has 4 rings (SSSR count). The largest absolute Gasteiger partial charge is 0.480 e. The standard InChI is InChI=1S/C37H46N4O6S/c1-26(2)25-41(48(46,47)30-19-16-27(3)17-20-30)34(37(44)45)15-9-10-22-38-36(43)33(23-29-24-39-32-14-8-7-13-31(29)32)40-35(42)21-18-28-11-5-4-6-12-28/h4-8,11-14,16-17,19-20,24,26,33-34,39H,9-10,15,18,21-23,25H2,1-3H3,(H,38,43)(H,40,42)(H,44,45)/t33-,34-/m0/s1. The number of carboxylic acids is 1. The Balaban J connectivity index is 1.38. The summed E-state index contributed by atoms with van der Waals surface area (Å²) in [6, 6.07) is 21.7. The molecule has 10 nitrogen and oxygen atoms in total. The van der Waals surface area contributed by atoms with Crippen molar-refractivity contribution in [1.29, 1.82) is 0 Å². The highest BCUT2D eigenvalue weighted by molar-refractivity contribution is 7.89. The zero-order chi connectivity index (χ0) is 34.7. The third-order valence-corrected chi connectivity index (χ3v) is 10.1. The topological polar surface area (TPSA) is 149 Å². The van der Waals surface area contributed by atoms with Crippen LogP contribution in [0, 0.1) is 12.8 Å². The normalized spacial score (nSPS) is 13.0. The molecule has 1 aromatic heterocycles. The number of benzene rings is 3. The summed E-state index contributed by atoms with van der Waals surface area (Å²) in [4.78, 5) is 42.1. The summed E-state index contributed by atoms with van der Waals surface area (Å²) in [5, 5.41) is 16.9. The van der Waals surface area contributed by atoms with E-state index in [1.165, 1.54) is 12.1 Å². The molecule has 2 atom stereocenters. The fraction of sp³-hybridized carbons (Fsp3) is 0.378. The minimum atomic E-state index is -4.06. The summed E-state index contributed by atoms with van der Waals surface area (Å²) >= 11 is 0. The highest BCUT2D eigenvalue weighted by atomic mass is 32.2. The van der Waals surface area contributed by atoms with Crippen molar-refractivity contribution in [2.24, 2.45) is 5.92 Å². The maximum absolute atomic E-state index is 13.6. The van der Waals surface area contributed by atoms with Crippen LogP contribution >= 0.6 is 0 Å². The molecular formula is C37H46N4O6S. The fourth-order valence-electron chi connectivity index (χ4n) is 5.69. The van der Waals surface area contributed by atoms with Crippen LogP contribution in [-0.4, -0.2) is 65.8 Å². The lowest BCUT2D eigenvalue weighted by molar-refractivity contribution is -0.142. The van der Waals surface area contributed by atoms with Gasteiger partial charge in [0, 0.05) is 43.0 Å². The average Bonchev–Trinajstić information content (AvgIpc) is 3.47. The van der Waals surface area contributed by atoms with Crippen molar-refractivity contribution in [1.82, 2.24) is 19.9 Å². The second-order valence-corrected chi connectivity index (χ2v) is 14.5. The molecular weight excluding hydrogens is 628 g/mol. The number of carbonyl (C=O) groups is 3. The van der Waals surface area contributed by atoms with Gasteiger partial charge in [0.05, 0.1) is 4.90 Å². The molecule has 3 aromatic carbocycles. The predicted molar refractivity (Wildman–Crippen MR) is 187 cm³/mol. The van der Waals surface area contributed by atoms with Crippen molar-refractivity contribution in [2.75, 3.05) is 13.1 Å². The first-order valence-electron chi connectivity index (χ1n) is 16.4. The van der Waals surface area contributed by atoms with Crippen LogP contribution < -0.4 is 10.6 Å². The van der Waals surface area contributed by atoms with E-state index in [0.717, 1.165) is 31.9 Å². The second kappa shape index (κ2) is 17.1. The lowest BCUT2D eigenvalue weighted by atomic mass is 10.0. The van der Waals surface area contributed by atoms with Crippen molar-refractivity contribution in [3.63, 3.8) is 0 Å². The van der Waals surface area contributed by atoms with Crippen molar-refractivity contribution < 1.29 is 27.9 Å². The number of para-hydroxylation sites is 1. The molecule has 256 valence electrons. The zero-order valence-corrected chi connectivity index (χ0v) is 28.6. The summed E-state index contributed by atoms with van der Waals surface area (Å²) in [6.45, 7) is 5.85. The number of unbranched alkanes of at least 4 members (excludes halogenated alkanes) is 1. The highest BCUT2D eigenvalue weighted by Gasteiger charge is 2.36. The van der Waals surface area contributed by atoms with Gasteiger partial charge in [-0.05, 0) is 67.9 Å². The van der Waals surface area contributed by atoms with Gasteiger partial charge in [-0.25, -0.2) is 8.42 Å². The number of aromatic nitrogens is 1. The number of sulfonamides is 1. The third kappa shape index (κ3) is 10.0. The molecule has 4 N–H and O–H groups in total. The Labute approximate surface area is 283 Å². The Kier molecular flexibility index (Phi) is 12.9. The number of hydrogen-bond donors (Lipinski definition) is 4. The van der Waals surface area contributed by atoms with E-state index < -0.39 is 28.1 Å². The molecule has 1 heterocycles. The fourth-order valence-corrected chi connectivity index (χ4v) is 7.46. The minimum Gasteiger partial charge on any atom is -0.480 e. The van der Waals surface area contributed by atoms with Crippen LogP contribution in [0.15, 0.2) is 90.0 Å². The number of carboxylic acid groups (broad SMARTS) is 1. The molecule has 48 heavy (non-hydrogen) atoms. The molecule has 0 aliphatic rings. The number of aromatic amines is 1. The zero-order valence-electron chi connectivity index (χ0n) is 27.8. The molecule has 11 heteroatoms. The van der Waals surface area contributed by atoms with Gasteiger partial charge >= 0.3 is 5.97 Å². The third-order valence-electron chi connectivity index (χ3n) is 8.24. The maximum Gasteiger partial charge on any atom is 0.322 e. The predicted octanol–water partition coefficient (Wildman–Crippen LogP) is 5.22. The Hall–Kier alpha value is -4.48. The van der Waals surface area contributed by atoms with Gasteiger partial charge in [-0.15, -0.1) is 0 Å². The maximum atomic E-state index is 13.6. The van der Waals surface area contributed by atoms with Gasteiger partial charge in [0.2, 0.25) is 21.8 Å². The van der Waals surface area contributed by atoms with E-state index in [9.17, 15) is 27.9 Å². The Morgan fingerprint density at radius 1 is 0.917 bits per heavy atom. The number of nitrogens with one attached hydrogen (secondary N) is 3. The lowest BCUT2D eigenvalue weighted by Gasteiger charge is -2.29. The number of hydrogen-bond acceptors (Lipinski definition) is 5. The van der Waals surface area contributed by atoms with Gasteiger partial charge in [-0.3, -0.25) is 14.4 Å². The average molecular weight is 675 g/mol. The van der Waals surface area contributed by atoms with E-state index in [0.29, 0.717) is 19.3 Å². The highest BCUT2D eigenvalue weighted by Crippen LogP contribution is 2.24. The second-order valence-electron chi connectivity index (χ2n) is 12.6. The number of fused-ring (bicyclic) bond motifs is 1. The van der Waals surface area contributed by atoms with Gasteiger partial charge in [-0.2, -0.15) is 4.31 Å². The van der Waals surface area contributed by atoms with Crippen LogP contribution in [0.2, 0.25) is 0 Å². The van der Waals surface area contributed by atoms with Crippen LogP contribution in [-0.2, 0) is 37.2 Å². The molecule has 0 fully saturated rings. The molecule has 0 aliphatic heterocycles. The van der Waals surface area contributed by atoms with Crippen LogP contribution in [0.25, 0.3) is 10.9 Å². The first-order chi connectivity index (χ1) is 23.0. The van der Waals surface area contributed by atoms with Crippen LogP contribution in [0.4, 0.5) is 0 Å². The Morgan fingerprint density at radius 2 is 1.60 bits per heavy atom. The van der Waals surface area contributed by atoms with E-state index in [-0.39, 0.29) is 55.0 Å². The number of amides is 2. The number of rotatable bonds is 18. The SMILES string of the molecule is Cc1ccc(S(=O)(=O)N(CC(C)C)[C@@H](CCCCNC(=O)[C@H](Cc2c[nH]c3ccccc23)NC(=O)CCc2ccccc2)C(=O)O)cc1. The molecule has 0 saturated heterocycles. The summed E-state index contributed by atoms with van der Waals surface area (Å²) in [5.74, 6) is -1.88. The van der Waals surface area contributed by atoms with Gasteiger partial charge in [0.15, 0.2) is 0 Å². The minimum absolute atomic E-state index is 0.0549. The number of aryl methyl sites for hydroxylation is 2. The number of carbonyl (C=O) groups excluding carboxylic acids is 2. The molecule has 0 unspecified atom stereocenters. The molecule has 0 bridgehead atoms. The molecule has 4 aromatic rings. The van der Waals surface area contributed by atoms with Crippen molar-refractivity contribution in [2.45, 2.75) is 76.3 Å². The molecule has 2 amide bonds. The van der Waals surface area contributed by atoms with Crippen molar-refractivity contribution in [3.8, 4) is 0 Å². The summed E-state index contributed by atoms with van der Waals surface area (Å²) in [6.07, 6.45) is 3.79. The van der Waals surface area contributed by atoms with Gasteiger partial charge in [0.25, 0.3) is 0 Å². The first kappa shape index (κ1) is 36.4. The number of H-pyrrole nitrogens is 1. The van der Waals surface area contributed by atoms with E-state index in [4.69, 9.17) is 0 Å². The molecule has 0 saturated carbocycles. The van der Waals surface area contributed by atoms with E-state index in [1.54, 1.807) is 12.1 Å². The van der Waals surface area contributed by atoms with Crippen LogP contribution in [0.5, 0.6) is 0 Å². The number of aliphatic carboxylic acids is 1. The lowest BCUT2D eigenvalue weighted by Crippen LogP contribution is -2.48. The van der Waals surface area contributed by atoms with Gasteiger partial charge < -0.3 is 20.7 Å². The molecule has 0 spiro atoms. The Bertz CT molecular complexity index is 1770. The van der Waals surface area contributed by atoms with Crippen LogP contribution in [0.1, 0.15) is 56.2 Å². The smallest absolute Gasteiger partial charge is 0.322 e. The summed E-state index contributed by atoms with van der Waals surface area (Å²) in [5.41, 5.74) is 3.77. The first-order valence-corrected chi connectivity index (χ1v) is 17.9. The van der Waals surface area contributed by atoms with E-state index in [1.807, 2.05) is 81.6 Å². The monoisotopic (exact) mass is 674 g/mol. The van der Waals surface area contributed by atoms with E-state index in [2.05, 4.69) is 15.6 Å². The van der Waals surface area contributed by atoms with Crippen molar-refractivity contribution in [3.05, 3.63) is 102 Å². The summed E-state index contributed by atoms with van der Waals surface area (Å²) in [7, 11) is -4.06.